The highest BCUT2D eigenvalue weighted by Crippen LogP contribution is 2.10. The van der Waals surface area contributed by atoms with E-state index >= 15 is 0 Å². The maximum atomic E-state index is 4.61. The second kappa shape index (κ2) is 11.9. The first-order valence-corrected chi connectivity index (χ1v) is 10.0. The van der Waals surface area contributed by atoms with Gasteiger partial charge < -0.3 is 10.6 Å². The summed E-state index contributed by atoms with van der Waals surface area (Å²) in [6, 6.07) is 0. The predicted molar refractivity (Wildman–Crippen MR) is 96.8 cm³/mol. The van der Waals surface area contributed by atoms with Crippen molar-refractivity contribution < 1.29 is 0 Å². The molecule has 0 fully saturated rings. The van der Waals surface area contributed by atoms with Gasteiger partial charge in [0.1, 0.15) is 0 Å². The van der Waals surface area contributed by atoms with E-state index in [1.54, 1.807) is 11.3 Å². The minimum Gasteiger partial charge on any atom is -0.357 e. The molecule has 0 atom stereocenters. The van der Waals surface area contributed by atoms with Crippen molar-refractivity contribution in [3.63, 3.8) is 0 Å². The van der Waals surface area contributed by atoms with E-state index in [1.807, 2.05) is 11.8 Å². The van der Waals surface area contributed by atoms with Crippen molar-refractivity contribution in [1.29, 1.82) is 0 Å². The third-order valence-corrected chi connectivity index (χ3v) is 4.68. The third-order valence-electron chi connectivity index (χ3n) is 2.95. The number of thiazole rings is 1. The van der Waals surface area contributed by atoms with Gasteiger partial charge in [0.05, 0.1) is 10.7 Å². The summed E-state index contributed by atoms with van der Waals surface area (Å²) in [6.07, 6.45) is 6.52. The lowest BCUT2D eigenvalue weighted by molar-refractivity contribution is 0.766. The van der Waals surface area contributed by atoms with E-state index < -0.39 is 0 Å². The molecule has 4 nitrogen and oxygen atoms in total. The summed E-state index contributed by atoms with van der Waals surface area (Å²) in [5, 5.41) is 10.1. The van der Waals surface area contributed by atoms with Gasteiger partial charge >= 0.3 is 0 Å². The molecular weight excluding hydrogens is 300 g/mol. The van der Waals surface area contributed by atoms with Crippen molar-refractivity contribution >= 4 is 29.1 Å². The highest BCUT2D eigenvalue weighted by molar-refractivity contribution is 7.98. The fourth-order valence-corrected chi connectivity index (χ4v) is 3.10. The summed E-state index contributed by atoms with van der Waals surface area (Å²) in [7, 11) is 0. The number of aromatic nitrogens is 1. The van der Waals surface area contributed by atoms with Crippen LogP contribution in [0.4, 0.5) is 0 Å². The van der Waals surface area contributed by atoms with Crippen LogP contribution < -0.4 is 10.6 Å². The fraction of sp³-hybridized carbons (Fsp3) is 0.733. The lowest BCUT2D eigenvalue weighted by atomic mass is 10.3. The maximum Gasteiger partial charge on any atom is 0.191 e. The number of hydrogen-bond donors (Lipinski definition) is 2. The van der Waals surface area contributed by atoms with Crippen LogP contribution in [0.3, 0.4) is 0 Å². The molecular formula is C15H28N4S2. The number of aliphatic imine (C=N–C) groups is 1. The first kappa shape index (κ1) is 18.3. The van der Waals surface area contributed by atoms with E-state index in [2.05, 4.69) is 46.1 Å². The Bertz CT molecular complexity index is 404. The van der Waals surface area contributed by atoms with E-state index in [0.29, 0.717) is 0 Å². The SMILES string of the molecule is CCNC(=NCCCCSC)NCCc1csc(CC)n1. The average molecular weight is 329 g/mol. The molecule has 0 bridgehead atoms. The van der Waals surface area contributed by atoms with Crippen LogP contribution in [-0.2, 0) is 12.8 Å². The summed E-state index contributed by atoms with van der Waals surface area (Å²) in [4.78, 5) is 9.19. The van der Waals surface area contributed by atoms with E-state index in [0.717, 1.165) is 44.9 Å². The largest absolute Gasteiger partial charge is 0.357 e. The Morgan fingerprint density at radius 2 is 2.19 bits per heavy atom. The Hall–Kier alpha value is -0.750. The maximum absolute atomic E-state index is 4.61. The fourth-order valence-electron chi connectivity index (χ4n) is 1.83. The molecule has 6 heteroatoms. The summed E-state index contributed by atoms with van der Waals surface area (Å²) < 4.78 is 0. The molecule has 1 aromatic rings. The molecule has 0 saturated carbocycles. The van der Waals surface area contributed by atoms with Crippen LogP contribution in [0.1, 0.15) is 37.4 Å². The molecule has 0 aromatic carbocycles. The molecule has 0 saturated heterocycles. The third kappa shape index (κ3) is 8.31. The van der Waals surface area contributed by atoms with Crippen LogP contribution in [0.25, 0.3) is 0 Å². The van der Waals surface area contributed by atoms with Gasteiger partial charge in [-0.1, -0.05) is 6.92 Å². The molecule has 120 valence electrons. The molecule has 1 aromatic heterocycles. The van der Waals surface area contributed by atoms with Crippen molar-refractivity contribution in [2.75, 3.05) is 31.6 Å². The van der Waals surface area contributed by atoms with Gasteiger partial charge in [-0.25, -0.2) is 4.98 Å². The smallest absolute Gasteiger partial charge is 0.191 e. The molecule has 0 aliphatic rings. The zero-order valence-electron chi connectivity index (χ0n) is 13.4. The van der Waals surface area contributed by atoms with E-state index in [-0.39, 0.29) is 0 Å². The van der Waals surface area contributed by atoms with Gasteiger partial charge in [0.25, 0.3) is 0 Å². The molecule has 21 heavy (non-hydrogen) atoms. The lowest BCUT2D eigenvalue weighted by Gasteiger charge is -2.10. The van der Waals surface area contributed by atoms with Gasteiger partial charge in [-0.05, 0) is 38.2 Å². The molecule has 2 N–H and O–H groups in total. The second-order valence-electron chi connectivity index (χ2n) is 4.72. The number of rotatable bonds is 10. The molecule has 1 heterocycles. The van der Waals surface area contributed by atoms with E-state index in [4.69, 9.17) is 0 Å². The minimum absolute atomic E-state index is 0.879. The number of unbranched alkanes of at least 4 members (excludes halogenated alkanes) is 1. The van der Waals surface area contributed by atoms with Crippen LogP contribution in [0.5, 0.6) is 0 Å². The Kier molecular flexibility index (Phi) is 10.3. The summed E-state index contributed by atoms with van der Waals surface area (Å²) >= 11 is 3.65. The normalized spacial score (nSPS) is 11.7. The van der Waals surface area contributed by atoms with E-state index in [1.165, 1.54) is 22.9 Å². The molecule has 0 amide bonds. The standard InChI is InChI=1S/C15H28N4S2/c1-4-14-19-13(12-21-14)8-10-18-15(16-5-2)17-9-6-7-11-20-3/h12H,4-11H2,1-3H3,(H2,16,17,18). The van der Waals surface area contributed by atoms with Crippen molar-refractivity contribution in [2.45, 2.75) is 39.5 Å². The van der Waals surface area contributed by atoms with Crippen LogP contribution in [0, 0.1) is 0 Å². The van der Waals surface area contributed by atoms with Crippen LogP contribution in [0.2, 0.25) is 0 Å². The van der Waals surface area contributed by atoms with E-state index in [9.17, 15) is 0 Å². The average Bonchev–Trinajstić information content (AvgIpc) is 2.95. The van der Waals surface area contributed by atoms with Gasteiger partial charge in [-0.15, -0.1) is 11.3 Å². The lowest BCUT2D eigenvalue weighted by Crippen LogP contribution is -2.38. The Balaban J connectivity index is 2.27. The van der Waals surface area contributed by atoms with Crippen molar-refractivity contribution in [3.8, 4) is 0 Å². The Morgan fingerprint density at radius 1 is 1.33 bits per heavy atom. The van der Waals surface area contributed by atoms with Gasteiger partial charge in [-0.2, -0.15) is 11.8 Å². The number of guanidine groups is 1. The first-order valence-electron chi connectivity index (χ1n) is 7.74. The summed E-state index contributed by atoms with van der Waals surface area (Å²) in [5.74, 6) is 2.15. The van der Waals surface area contributed by atoms with Crippen LogP contribution in [-0.4, -0.2) is 42.6 Å². The highest BCUT2D eigenvalue weighted by atomic mass is 32.2. The number of nitrogens with one attached hydrogen (secondary N) is 2. The van der Waals surface area contributed by atoms with Gasteiger partial charge in [0, 0.05) is 31.4 Å². The molecule has 0 spiro atoms. The Labute approximate surface area is 137 Å². The molecule has 0 aliphatic heterocycles. The second-order valence-corrected chi connectivity index (χ2v) is 6.65. The molecule has 0 radical (unpaired) electrons. The highest BCUT2D eigenvalue weighted by Gasteiger charge is 2.01. The monoisotopic (exact) mass is 328 g/mol. The first-order chi connectivity index (χ1) is 10.3. The molecule has 0 unspecified atom stereocenters. The van der Waals surface area contributed by atoms with Crippen molar-refractivity contribution in [3.05, 3.63) is 16.1 Å². The van der Waals surface area contributed by atoms with Crippen molar-refractivity contribution in [1.82, 2.24) is 15.6 Å². The Morgan fingerprint density at radius 3 is 2.86 bits per heavy atom. The van der Waals surface area contributed by atoms with Gasteiger partial charge in [0.15, 0.2) is 5.96 Å². The number of aryl methyl sites for hydroxylation is 1. The zero-order chi connectivity index (χ0) is 15.3. The van der Waals surface area contributed by atoms with Crippen LogP contribution >= 0.6 is 23.1 Å². The quantitative estimate of drug-likeness (QED) is 0.394. The summed E-state index contributed by atoms with van der Waals surface area (Å²) in [5.41, 5.74) is 1.18. The number of nitrogens with zero attached hydrogens (tertiary/aromatic N) is 2. The zero-order valence-corrected chi connectivity index (χ0v) is 15.1. The topological polar surface area (TPSA) is 49.3 Å². The number of hydrogen-bond acceptors (Lipinski definition) is 4. The number of thioether (sulfide) groups is 1. The van der Waals surface area contributed by atoms with Gasteiger partial charge in [0.2, 0.25) is 0 Å². The van der Waals surface area contributed by atoms with Crippen LogP contribution in [0.15, 0.2) is 10.4 Å². The molecule has 1 rings (SSSR count). The van der Waals surface area contributed by atoms with Gasteiger partial charge in [-0.3, -0.25) is 4.99 Å². The molecule has 0 aliphatic carbocycles. The van der Waals surface area contributed by atoms with Crippen molar-refractivity contribution in [2.24, 2.45) is 4.99 Å². The predicted octanol–water partition coefficient (Wildman–Crippen LogP) is 2.95. The minimum atomic E-state index is 0.879. The summed E-state index contributed by atoms with van der Waals surface area (Å²) in [6.45, 7) is 6.91.